The largest absolute Gasteiger partial charge is 0.505 e. The molecule has 1 atom stereocenters. The molecule has 1 fully saturated rings. The Balaban J connectivity index is 1.66. The van der Waals surface area contributed by atoms with Crippen molar-refractivity contribution in [3.05, 3.63) is 93.9 Å². The van der Waals surface area contributed by atoms with Gasteiger partial charge in [-0.1, -0.05) is 55.5 Å². The number of ketones is 1. The molecule has 1 N–H and O–H groups in total. The predicted molar refractivity (Wildman–Crippen MR) is 164 cm³/mol. The van der Waals surface area contributed by atoms with Gasteiger partial charge in [0, 0.05) is 6.20 Å². The van der Waals surface area contributed by atoms with Gasteiger partial charge in [-0.25, -0.2) is 14.8 Å². The molecule has 10 nitrogen and oxygen atoms in total. The summed E-state index contributed by atoms with van der Waals surface area (Å²) in [6.07, 6.45) is 5.16. The monoisotopic (exact) mass is 600 g/mol. The van der Waals surface area contributed by atoms with E-state index < -0.39 is 29.5 Å². The van der Waals surface area contributed by atoms with Crippen molar-refractivity contribution in [2.24, 2.45) is 0 Å². The van der Waals surface area contributed by atoms with Crippen molar-refractivity contribution < 1.29 is 29.0 Å². The van der Waals surface area contributed by atoms with Gasteiger partial charge in [0.2, 0.25) is 0 Å². The molecule has 43 heavy (non-hydrogen) atoms. The molecule has 222 valence electrons. The number of aromatic nitrogens is 3. The zero-order valence-electron chi connectivity index (χ0n) is 24.4. The van der Waals surface area contributed by atoms with E-state index in [9.17, 15) is 19.5 Å². The molecule has 1 aliphatic rings. The Hall–Kier alpha value is -4.77. The molecular weight excluding hydrogens is 568 g/mol. The number of imidazole rings is 1. The highest BCUT2D eigenvalue weighted by Gasteiger charge is 2.49. The third kappa shape index (κ3) is 5.43. The van der Waals surface area contributed by atoms with Gasteiger partial charge < -0.3 is 19.0 Å². The number of fused-ring (bicyclic) bond motifs is 1. The van der Waals surface area contributed by atoms with E-state index in [0.717, 1.165) is 29.7 Å². The van der Waals surface area contributed by atoms with Crippen molar-refractivity contribution in [1.82, 2.24) is 14.4 Å². The van der Waals surface area contributed by atoms with Crippen LogP contribution < -0.4 is 9.64 Å². The lowest BCUT2D eigenvalue weighted by atomic mass is 9.96. The SMILES string of the molecule is C=CCOC(=O)c1sc(N2C(=O)C(=O)C(=C(O)c3nc4c(C)cccn4c3C)C2c2ccc(OCCCC)cc2)nc1C. The summed E-state index contributed by atoms with van der Waals surface area (Å²) in [6, 6.07) is 9.74. The first-order valence-electron chi connectivity index (χ1n) is 13.9. The number of aliphatic hydroxyl groups is 1. The third-order valence-electron chi connectivity index (χ3n) is 7.22. The first kappa shape index (κ1) is 29.7. The Morgan fingerprint density at radius 2 is 1.88 bits per heavy atom. The fourth-order valence-corrected chi connectivity index (χ4v) is 5.96. The molecule has 0 saturated carbocycles. The third-order valence-corrected chi connectivity index (χ3v) is 8.36. The number of rotatable bonds is 10. The van der Waals surface area contributed by atoms with E-state index >= 15 is 0 Å². The number of nitrogens with zero attached hydrogens (tertiary/aromatic N) is 4. The number of carbonyl (C=O) groups excluding carboxylic acids is 3. The van der Waals surface area contributed by atoms with Gasteiger partial charge in [-0.05, 0) is 56.5 Å². The Morgan fingerprint density at radius 3 is 2.56 bits per heavy atom. The molecule has 1 aromatic carbocycles. The summed E-state index contributed by atoms with van der Waals surface area (Å²) < 4.78 is 12.8. The van der Waals surface area contributed by atoms with E-state index in [0.29, 0.717) is 35.0 Å². The lowest BCUT2D eigenvalue weighted by Crippen LogP contribution is -2.29. The minimum atomic E-state index is -1.04. The lowest BCUT2D eigenvalue weighted by molar-refractivity contribution is -0.132. The first-order valence-corrected chi connectivity index (χ1v) is 14.7. The summed E-state index contributed by atoms with van der Waals surface area (Å²) in [6.45, 7) is 11.5. The van der Waals surface area contributed by atoms with Crippen molar-refractivity contribution >= 4 is 45.5 Å². The molecule has 1 aliphatic heterocycles. The number of benzene rings is 1. The average Bonchev–Trinajstić information content (AvgIpc) is 3.63. The number of hydrogen-bond acceptors (Lipinski definition) is 9. The number of carbonyl (C=O) groups is 3. The fourth-order valence-electron chi connectivity index (χ4n) is 4.97. The van der Waals surface area contributed by atoms with Crippen LogP contribution in [0.1, 0.15) is 63.7 Å². The highest BCUT2D eigenvalue weighted by molar-refractivity contribution is 7.17. The van der Waals surface area contributed by atoms with Gasteiger partial charge in [-0.3, -0.25) is 14.5 Å². The second-order valence-electron chi connectivity index (χ2n) is 10.2. The number of Topliss-reactive ketones (excluding diaryl/α,β-unsaturated/α-hetero) is 1. The molecule has 5 rings (SSSR count). The van der Waals surface area contributed by atoms with E-state index in [1.54, 1.807) is 38.1 Å². The molecule has 1 saturated heterocycles. The summed E-state index contributed by atoms with van der Waals surface area (Å²) in [5.41, 5.74) is 3.08. The number of anilines is 1. The van der Waals surface area contributed by atoms with E-state index in [1.165, 1.54) is 11.0 Å². The highest BCUT2D eigenvalue weighted by atomic mass is 32.1. The van der Waals surface area contributed by atoms with Gasteiger partial charge in [0.1, 0.15) is 28.6 Å². The quantitative estimate of drug-likeness (QED) is 0.0599. The standard InChI is InChI=1S/C32H32N4O6S/c1-6-8-17-41-22-13-11-21(12-14-22)25-23(26(37)24-20(5)35-15-9-10-18(3)29(35)34-24)27(38)30(39)36(25)32-33-19(4)28(43-32)31(40)42-16-7-2/h7,9-15,25,37H,2,6,8,16-17H2,1,3-5H3. The summed E-state index contributed by atoms with van der Waals surface area (Å²) in [7, 11) is 0. The van der Waals surface area contributed by atoms with Crippen LogP contribution in [0, 0.1) is 20.8 Å². The van der Waals surface area contributed by atoms with Gasteiger partial charge in [0.15, 0.2) is 10.9 Å². The number of unbranched alkanes of at least 4 members (excludes halogenated alkanes) is 1. The number of pyridine rings is 1. The van der Waals surface area contributed by atoms with Crippen molar-refractivity contribution in [1.29, 1.82) is 0 Å². The number of ether oxygens (including phenoxy) is 2. The second kappa shape index (κ2) is 12.2. The Labute approximate surface area is 252 Å². The average molecular weight is 601 g/mol. The molecule has 0 aliphatic carbocycles. The van der Waals surface area contributed by atoms with Crippen LogP contribution in [0.3, 0.4) is 0 Å². The fraction of sp³-hybridized carbons (Fsp3) is 0.281. The number of aliphatic hydroxyl groups excluding tert-OH is 1. The lowest BCUT2D eigenvalue weighted by Gasteiger charge is -2.23. The molecule has 1 unspecified atom stereocenters. The van der Waals surface area contributed by atoms with Crippen molar-refractivity contribution in [2.45, 2.75) is 46.6 Å². The molecular formula is C32H32N4O6S. The summed E-state index contributed by atoms with van der Waals surface area (Å²) in [5, 5.41) is 11.8. The Morgan fingerprint density at radius 1 is 1.14 bits per heavy atom. The Kier molecular flexibility index (Phi) is 8.45. The van der Waals surface area contributed by atoms with Crippen LogP contribution >= 0.6 is 11.3 Å². The first-order chi connectivity index (χ1) is 20.7. The molecule has 1 amide bonds. The second-order valence-corrected chi connectivity index (χ2v) is 11.1. The number of esters is 1. The van der Waals surface area contributed by atoms with Crippen LogP contribution in [0.25, 0.3) is 11.4 Å². The molecule has 3 aromatic heterocycles. The zero-order chi connectivity index (χ0) is 30.8. The normalized spacial score (nSPS) is 16.2. The van der Waals surface area contributed by atoms with Gasteiger partial charge in [0.05, 0.1) is 29.6 Å². The molecule has 4 aromatic rings. The van der Waals surface area contributed by atoms with E-state index in [4.69, 9.17) is 9.47 Å². The number of amides is 1. The van der Waals surface area contributed by atoms with E-state index in [2.05, 4.69) is 23.5 Å². The molecule has 0 radical (unpaired) electrons. The van der Waals surface area contributed by atoms with Gasteiger partial charge in [-0.15, -0.1) is 0 Å². The minimum Gasteiger partial charge on any atom is -0.505 e. The predicted octanol–water partition coefficient (Wildman–Crippen LogP) is 5.86. The maximum Gasteiger partial charge on any atom is 0.350 e. The van der Waals surface area contributed by atoms with Crippen LogP contribution in [-0.2, 0) is 14.3 Å². The maximum absolute atomic E-state index is 13.7. The molecule has 11 heteroatoms. The van der Waals surface area contributed by atoms with Crippen LogP contribution in [0.4, 0.5) is 5.13 Å². The van der Waals surface area contributed by atoms with Crippen molar-refractivity contribution in [3.63, 3.8) is 0 Å². The topological polar surface area (TPSA) is 123 Å². The highest BCUT2D eigenvalue weighted by Crippen LogP contribution is 2.44. The molecule has 4 heterocycles. The van der Waals surface area contributed by atoms with Crippen LogP contribution in [0.15, 0.2) is 60.8 Å². The molecule has 0 spiro atoms. The zero-order valence-corrected chi connectivity index (χ0v) is 25.2. The van der Waals surface area contributed by atoms with Gasteiger partial charge >= 0.3 is 11.9 Å². The van der Waals surface area contributed by atoms with Crippen molar-refractivity contribution in [2.75, 3.05) is 18.1 Å². The summed E-state index contributed by atoms with van der Waals surface area (Å²) >= 11 is 0.939. The number of aryl methyl sites for hydroxylation is 3. The smallest absolute Gasteiger partial charge is 0.350 e. The van der Waals surface area contributed by atoms with E-state index in [-0.39, 0.29) is 27.9 Å². The van der Waals surface area contributed by atoms with Crippen LogP contribution in [0.5, 0.6) is 5.75 Å². The number of thiazole rings is 1. The van der Waals surface area contributed by atoms with Gasteiger partial charge in [-0.2, -0.15) is 0 Å². The molecule has 0 bridgehead atoms. The summed E-state index contributed by atoms with van der Waals surface area (Å²) in [4.78, 5) is 50.6. The van der Waals surface area contributed by atoms with Crippen LogP contribution in [-0.4, -0.2) is 50.3 Å². The minimum absolute atomic E-state index is 0.0144. The number of hydrogen-bond donors (Lipinski definition) is 1. The van der Waals surface area contributed by atoms with Gasteiger partial charge in [0.25, 0.3) is 5.78 Å². The van der Waals surface area contributed by atoms with Crippen molar-refractivity contribution in [3.8, 4) is 5.75 Å². The Bertz CT molecular complexity index is 1770. The maximum atomic E-state index is 13.7. The summed E-state index contributed by atoms with van der Waals surface area (Å²) in [5.74, 6) is -2.14. The van der Waals surface area contributed by atoms with Crippen LogP contribution in [0.2, 0.25) is 0 Å². The van der Waals surface area contributed by atoms with E-state index in [1.807, 2.05) is 29.7 Å².